The van der Waals surface area contributed by atoms with Crippen LogP contribution in [0.25, 0.3) is 0 Å². The van der Waals surface area contributed by atoms with E-state index in [-0.39, 0.29) is 5.02 Å². The summed E-state index contributed by atoms with van der Waals surface area (Å²) in [7, 11) is -4.00. The van der Waals surface area contributed by atoms with Gasteiger partial charge in [-0.25, -0.2) is 13.4 Å². The first kappa shape index (κ1) is 24.0. The highest BCUT2D eigenvalue weighted by Gasteiger charge is 2.36. The minimum Gasteiger partial charge on any atom is -0.348 e. The summed E-state index contributed by atoms with van der Waals surface area (Å²) in [5.41, 5.74) is 2.29. The zero-order chi connectivity index (χ0) is 23.8. The van der Waals surface area contributed by atoms with Crippen LogP contribution in [0.15, 0.2) is 52.7 Å². The molecule has 2 aromatic carbocycles. The van der Waals surface area contributed by atoms with Crippen LogP contribution in [0.2, 0.25) is 5.02 Å². The molecule has 1 aliphatic heterocycles. The fourth-order valence-corrected chi connectivity index (χ4v) is 7.13. The van der Waals surface area contributed by atoms with Crippen molar-refractivity contribution in [3.05, 3.63) is 75.3 Å². The summed E-state index contributed by atoms with van der Waals surface area (Å²) in [6, 6.07) is 10.7. The number of rotatable bonds is 5. The lowest BCUT2D eigenvalue weighted by Crippen LogP contribution is -2.39. The van der Waals surface area contributed by atoms with Crippen molar-refractivity contribution < 1.29 is 21.6 Å². The Balaban J connectivity index is 1.44. The summed E-state index contributed by atoms with van der Waals surface area (Å²) in [6.45, 7) is 2.95. The Bertz CT molecular complexity index is 1250. The van der Waals surface area contributed by atoms with Gasteiger partial charge in [0.2, 0.25) is 0 Å². The largest absolute Gasteiger partial charge is 0.416 e. The number of benzene rings is 2. The van der Waals surface area contributed by atoms with E-state index in [1.54, 1.807) is 0 Å². The number of thiazole rings is 1. The number of anilines is 1. The van der Waals surface area contributed by atoms with E-state index in [0.717, 1.165) is 29.4 Å². The van der Waals surface area contributed by atoms with Gasteiger partial charge in [0.05, 0.1) is 26.4 Å². The van der Waals surface area contributed by atoms with Crippen LogP contribution in [0.5, 0.6) is 0 Å². The number of hydrogen-bond acceptors (Lipinski definition) is 5. The SMILES string of the molecule is Cc1cccc(Cc2csc(N3CCC(S(=O)(=O)c4cc(C(F)(F)F)ccc4Cl)CC3)n2)c1. The van der Waals surface area contributed by atoms with Crippen LogP contribution in [-0.2, 0) is 22.4 Å². The second-order valence-corrected chi connectivity index (χ2v) is 11.6. The molecule has 4 rings (SSSR count). The Hall–Kier alpha value is -2.10. The maximum Gasteiger partial charge on any atom is 0.416 e. The van der Waals surface area contributed by atoms with Crippen molar-refractivity contribution in [2.75, 3.05) is 18.0 Å². The summed E-state index contributed by atoms with van der Waals surface area (Å²) in [4.78, 5) is 6.29. The van der Waals surface area contributed by atoms with Gasteiger partial charge in [-0.05, 0) is 43.5 Å². The van der Waals surface area contributed by atoms with Gasteiger partial charge in [-0.1, -0.05) is 41.4 Å². The van der Waals surface area contributed by atoms with Crippen LogP contribution in [-0.4, -0.2) is 31.7 Å². The molecule has 33 heavy (non-hydrogen) atoms. The van der Waals surface area contributed by atoms with E-state index in [4.69, 9.17) is 16.6 Å². The monoisotopic (exact) mass is 514 g/mol. The predicted octanol–water partition coefficient (Wildman–Crippen LogP) is 6.16. The number of halogens is 4. The highest BCUT2D eigenvalue weighted by Crippen LogP contribution is 2.36. The summed E-state index contributed by atoms with van der Waals surface area (Å²) in [5, 5.41) is 1.85. The molecular weight excluding hydrogens is 493 g/mol. The molecule has 1 saturated heterocycles. The van der Waals surface area contributed by atoms with Crippen LogP contribution < -0.4 is 4.90 Å². The minimum absolute atomic E-state index is 0.189. The van der Waals surface area contributed by atoms with E-state index in [1.807, 2.05) is 29.3 Å². The van der Waals surface area contributed by atoms with E-state index in [9.17, 15) is 21.6 Å². The maximum atomic E-state index is 13.1. The number of aryl methyl sites for hydroxylation is 1. The lowest BCUT2D eigenvalue weighted by molar-refractivity contribution is -0.137. The number of nitrogens with zero attached hydrogens (tertiary/aromatic N) is 2. The van der Waals surface area contributed by atoms with Crippen molar-refractivity contribution in [2.24, 2.45) is 0 Å². The Morgan fingerprint density at radius 2 is 1.88 bits per heavy atom. The molecule has 1 aromatic heterocycles. The van der Waals surface area contributed by atoms with Gasteiger partial charge < -0.3 is 4.90 Å². The quantitative estimate of drug-likeness (QED) is 0.409. The lowest BCUT2D eigenvalue weighted by atomic mass is 10.1. The highest BCUT2D eigenvalue weighted by atomic mass is 35.5. The first-order valence-electron chi connectivity index (χ1n) is 10.4. The zero-order valence-electron chi connectivity index (χ0n) is 17.8. The lowest BCUT2D eigenvalue weighted by Gasteiger charge is -2.31. The van der Waals surface area contributed by atoms with Gasteiger partial charge in [-0.2, -0.15) is 13.2 Å². The van der Waals surface area contributed by atoms with Gasteiger partial charge in [-0.3, -0.25) is 0 Å². The maximum absolute atomic E-state index is 13.1. The van der Waals surface area contributed by atoms with Gasteiger partial charge in [0.25, 0.3) is 0 Å². The summed E-state index contributed by atoms with van der Waals surface area (Å²) in [5.74, 6) is 0. The first-order chi connectivity index (χ1) is 15.5. The van der Waals surface area contributed by atoms with Crippen LogP contribution >= 0.6 is 22.9 Å². The third-order valence-corrected chi connectivity index (χ3v) is 9.42. The molecule has 0 amide bonds. The van der Waals surface area contributed by atoms with Crippen molar-refractivity contribution in [3.63, 3.8) is 0 Å². The van der Waals surface area contributed by atoms with E-state index in [2.05, 4.69) is 12.1 Å². The first-order valence-corrected chi connectivity index (χ1v) is 13.2. The third-order valence-electron chi connectivity index (χ3n) is 5.72. The number of aromatic nitrogens is 1. The van der Waals surface area contributed by atoms with E-state index < -0.39 is 31.7 Å². The third kappa shape index (κ3) is 5.36. The number of alkyl halides is 3. The van der Waals surface area contributed by atoms with E-state index in [1.165, 1.54) is 22.5 Å². The van der Waals surface area contributed by atoms with Crippen molar-refractivity contribution in [3.8, 4) is 0 Å². The second kappa shape index (κ2) is 9.27. The van der Waals surface area contributed by atoms with Crippen molar-refractivity contribution in [1.82, 2.24) is 4.98 Å². The topological polar surface area (TPSA) is 50.3 Å². The molecule has 4 nitrogen and oxygen atoms in total. The molecule has 0 atom stereocenters. The van der Waals surface area contributed by atoms with Crippen LogP contribution in [0.3, 0.4) is 0 Å². The van der Waals surface area contributed by atoms with E-state index >= 15 is 0 Å². The molecule has 0 aliphatic carbocycles. The standard InChI is InChI=1S/C23H22ClF3N2O2S2/c1-15-3-2-4-16(11-15)12-18-14-32-22(28-18)29-9-7-19(8-10-29)33(30,31)21-13-17(23(25,26)27)5-6-20(21)24/h2-6,11,13-14,19H,7-10,12H2,1H3. The number of sulfone groups is 1. The fraction of sp³-hybridized carbons (Fsp3) is 0.348. The van der Waals surface area contributed by atoms with Gasteiger partial charge in [0, 0.05) is 24.9 Å². The highest BCUT2D eigenvalue weighted by molar-refractivity contribution is 7.92. The zero-order valence-corrected chi connectivity index (χ0v) is 20.2. The smallest absolute Gasteiger partial charge is 0.348 e. The molecule has 0 saturated carbocycles. The van der Waals surface area contributed by atoms with E-state index in [0.29, 0.717) is 32.0 Å². The number of piperidine rings is 1. The molecule has 0 N–H and O–H groups in total. The molecule has 1 fully saturated rings. The Morgan fingerprint density at radius 1 is 1.15 bits per heavy atom. The van der Waals surface area contributed by atoms with Gasteiger partial charge >= 0.3 is 6.18 Å². The Kier molecular flexibility index (Phi) is 6.75. The molecule has 1 aliphatic rings. The molecule has 0 radical (unpaired) electrons. The molecule has 10 heteroatoms. The second-order valence-electron chi connectivity index (χ2n) is 8.16. The van der Waals surface area contributed by atoms with Crippen LogP contribution in [0.1, 0.15) is 35.2 Å². The average Bonchev–Trinajstić information content (AvgIpc) is 3.21. The predicted molar refractivity (Wildman–Crippen MR) is 125 cm³/mol. The van der Waals surface area contributed by atoms with Crippen LogP contribution in [0.4, 0.5) is 18.3 Å². The van der Waals surface area contributed by atoms with Gasteiger partial charge in [0.15, 0.2) is 15.0 Å². The van der Waals surface area contributed by atoms with Crippen molar-refractivity contribution >= 4 is 37.9 Å². The summed E-state index contributed by atoms with van der Waals surface area (Å²) >= 11 is 7.50. The molecule has 0 spiro atoms. The average molecular weight is 515 g/mol. The van der Waals surface area contributed by atoms with Gasteiger partial charge in [-0.15, -0.1) is 11.3 Å². The molecule has 2 heterocycles. The fourth-order valence-electron chi connectivity index (χ4n) is 3.99. The summed E-state index contributed by atoms with van der Waals surface area (Å²) < 4.78 is 65.4. The normalized spacial score (nSPS) is 15.7. The van der Waals surface area contributed by atoms with Crippen molar-refractivity contribution in [1.29, 1.82) is 0 Å². The molecule has 0 unspecified atom stereocenters. The molecule has 3 aromatic rings. The molecule has 176 valence electrons. The Morgan fingerprint density at radius 3 is 2.55 bits per heavy atom. The Labute approximate surface area is 200 Å². The van der Waals surface area contributed by atoms with Gasteiger partial charge in [0.1, 0.15) is 0 Å². The minimum atomic E-state index is -4.64. The molecule has 0 bridgehead atoms. The summed E-state index contributed by atoms with van der Waals surface area (Å²) in [6.07, 6.45) is -3.33. The van der Waals surface area contributed by atoms with Crippen molar-refractivity contribution in [2.45, 2.75) is 42.5 Å². The number of hydrogen-bond donors (Lipinski definition) is 0. The molecular formula is C23H22ClF3N2O2S2. The van der Waals surface area contributed by atoms with Crippen LogP contribution in [0, 0.1) is 6.92 Å².